The van der Waals surface area contributed by atoms with E-state index in [1.165, 1.54) is 0 Å². The van der Waals surface area contributed by atoms with Gasteiger partial charge in [0.15, 0.2) is 0 Å². The molecular formula is C14H21NO3. The zero-order valence-corrected chi connectivity index (χ0v) is 10.7. The van der Waals surface area contributed by atoms with Crippen molar-refractivity contribution in [3.63, 3.8) is 0 Å². The summed E-state index contributed by atoms with van der Waals surface area (Å²) in [5.74, 6) is 1.46. The first kappa shape index (κ1) is 14.6. The molecule has 1 aliphatic rings. The van der Waals surface area contributed by atoms with Gasteiger partial charge in [-0.15, -0.1) is 12.3 Å². The smallest absolute Gasteiger partial charge is 0.311 e. The van der Waals surface area contributed by atoms with Crippen molar-refractivity contribution in [3.05, 3.63) is 0 Å². The number of carboxylic acid groups (broad SMARTS) is 1. The van der Waals surface area contributed by atoms with Crippen molar-refractivity contribution in [3.8, 4) is 12.3 Å². The van der Waals surface area contributed by atoms with E-state index in [-0.39, 0.29) is 18.9 Å². The van der Waals surface area contributed by atoms with Crippen molar-refractivity contribution in [1.82, 2.24) is 5.32 Å². The maximum Gasteiger partial charge on any atom is 0.311 e. The highest BCUT2D eigenvalue weighted by molar-refractivity contribution is 5.79. The van der Waals surface area contributed by atoms with Crippen molar-refractivity contribution >= 4 is 11.9 Å². The molecule has 0 aromatic carbocycles. The Morgan fingerprint density at radius 3 is 2.33 bits per heavy atom. The molecule has 100 valence electrons. The molecular weight excluding hydrogens is 230 g/mol. The van der Waals surface area contributed by atoms with Gasteiger partial charge in [0.2, 0.25) is 5.91 Å². The Labute approximate surface area is 108 Å². The van der Waals surface area contributed by atoms with Crippen LogP contribution in [0.15, 0.2) is 0 Å². The van der Waals surface area contributed by atoms with Crippen LogP contribution in [0, 0.1) is 17.8 Å². The van der Waals surface area contributed by atoms with E-state index in [1.807, 2.05) is 0 Å². The van der Waals surface area contributed by atoms with E-state index < -0.39 is 11.4 Å². The van der Waals surface area contributed by atoms with Gasteiger partial charge < -0.3 is 10.4 Å². The lowest BCUT2D eigenvalue weighted by molar-refractivity contribution is -0.149. The number of rotatable bonds is 5. The van der Waals surface area contributed by atoms with Gasteiger partial charge in [0.25, 0.3) is 0 Å². The number of carbonyl (C=O) groups excluding carboxylic acids is 1. The molecule has 0 spiro atoms. The average molecular weight is 251 g/mol. The summed E-state index contributed by atoms with van der Waals surface area (Å²) in [6.07, 6.45) is 11.1. The molecule has 1 fully saturated rings. The zero-order chi connectivity index (χ0) is 13.4. The highest BCUT2D eigenvalue weighted by atomic mass is 16.4. The summed E-state index contributed by atoms with van der Waals surface area (Å²) < 4.78 is 0. The van der Waals surface area contributed by atoms with E-state index in [2.05, 4.69) is 11.2 Å². The maximum atomic E-state index is 11.5. The van der Waals surface area contributed by atoms with E-state index in [0.717, 1.165) is 25.7 Å². The zero-order valence-electron chi connectivity index (χ0n) is 10.7. The average Bonchev–Trinajstić information content (AvgIpc) is 2.60. The standard InChI is InChI=1S/C14H21NO3/c1-2-3-8-12(16)15-11-14(13(17)18)9-6-4-5-7-10-14/h1H,3-11H2,(H,15,16)(H,17,18). The van der Waals surface area contributed by atoms with Crippen LogP contribution in [0.5, 0.6) is 0 Å². The second kappa shape index (κ2) is 7.05. The Hall–Kier alpha value is -1.50. The highest BCUT2D eigenvalue weighted by Crippen LogP contribution is 2.34. The van der Waals surface area contributed by atoms with Crippen LogP contribution in [0.3, 0.4) is 0 Å². The molecule has 1 rings (SSSR count). The molecule has 4 nitrogen and oxygen atoms in total. The molecule has 0 heterocycles. The third kappa shape index (κ3) is 4.06. The number of hydrogen-bond acceptors (Lipinski definition) is 2. The van der Waals surface area contributed by atoms with E-state index in [4.69, 9.17) is 6.42 Å². The molecule has 0 aromatic rings. The number of aliphatic carboxylic acids is 1. The first-order chi connectivity index (χ1) is 8.60. The van der Waals surface area contributed by atoms with Gasteiger partial charge in [-0.05, 0) is 12.8 Å². The fourth-order valence-electron chi connectivity index (χ4n) is 2.41. The molecule has 4 heteroatoms. The Morgan fingerprint density at radius 2 is 1.83 bits per heavy atom. The van der Waals surface area contributed by atoms with Crippen LogP contribution >= 0.6 is 0 Å². The molecule has 1 amide bonds. The van der Waals surface area contributed by atoms with Gasteiger partial charge >= 0.3 is 5.97 Å². The van der Waals surface area contributed by atoms with Crippen LogP contribution in [-0.4, -0.2) is 23.5 Å². The van der Waals surface area contributed by atoms with Crippen LogP contribution < -0.4 is 5.32 Å². The predicted octanol–water partition coefficient (Wildman–Crippen LogP) is 1.94. The number of amides is 1. The second-order valence-corrected chi connectivity index (χ2v) is 4.98. The lowest BCUT2D eigenvalue weighted by atomic mass is 9.80. The molecule has 0 saturated heterocycles. The monoisotopic (exact) mass is 251 g/mol. The summed E-state index contributed by atoms with van der Waals surface area (Å²) in [4.78, 5) is 23.0. The molecule has 0 radical (unpaired) electrons. The Bertz CT molecular complexity index is 335. The molecule has 0 bridgehead atoms. The van der Waals surface area contributed by atoms with Gasteiger partial charge in [0.1, 0.15) is 0 Å². The molecule has 0 atom stereocenters. The summed E-state index contributed by atoms with van der Waals surface area (Å²) in [5.41, 5.74) is -0.775. The fraction of sp³-hybridized carbons (Fsp3) is 0.714. The molecule has 0 aromatic heterocycles. The van der Waals surface area contributed by atoms with Gasteiger partial charge in [-0.2, -0.15) is 0 Å². The number of terminal acetylenes is 1. The van der Waals surface area contributed by atoms with Crippen molar-refractivity contribution in [2.75, 3.05) is 6.54 Å². The molecule has 2 N–H and O–H groups in total. The Balaban J connectivity index is 2.54. The molecule has 18 heavy (non-hydrogen) atoms. The largest absolute Gasteiger partial charge is 0.481 e. The summed E-state index contributed by atoms with van der Waals surface area (Å²) in [6.45, 7) is 0.228. The van der Waals surface area contributed by atoms with Crippen molar-refractivity contribution in [2.45, 2.75) is 51.4 Å². The minimum Gasteiger partial charge on any atom is -0.481 e. The van der Waals surface area contributed by atoms with Gasteiger partial charge in [-0.1, -0.05) is 25.7 Å². The number of carboxylic acids is 1. The third-order valence-electron chi connectivity index (χ3n) is 3.63. The first-order valence-electron chi connectivity index (χ1n) is 6.54. The van der Waals surface area contributed by atoms with Crippen LogP contribution in [0.25, 0.3) is 0 Å². The van der Waals surface area contributed by atoms with Crippen molar-refractivity contribution in [2.24, 2.45) is 5.41 Å². The lowest BCUT2D eigenvalue weighted by Gasteiger charge is -2.28. The summed E-state index contributed by atoms with van der Waals surface area (Å²) in [5, 5.41) is 12.1. The fourth-order valence-corrected chi connectivity index (χ4v) is 2.41. The van der Waals surface area contributed by atoms with Crippen molar-refractivity contribution < 1.29 is 14.7 Å². The molecule has 1 saturated carbocycles. The lowest BCUT2D eigenvalue weighted by Crippen LogP contribution is -2.42. The minimum atomic E-state index is -0.790. The number of hydrogen-bond donors (Lipinski definition) is 2. The summed E-state index contributed by atoms with van der Waals surface area (Å²) in [6, 6.07) is 0. The SMILES string of the molecule is C#CCCC(=O)NCC1(C(=O)O)CCCCCC1. The molecule has 0 unspecified atom stereocenters. The normalized spacial score (nSPS) is 18.4. The van der Waals surface area contributed by atoms with Gasteiger partial charge in [0, 0.05) is 19.4 Å². The maximum absolute atomic E-state index is 11.5. The second-order valence-electron chi connectivity index (χ2n) is 4.98. The van der Waals surface area contributed by atoms with Gasteiger partial charge in [0.05, 0.1) is 5.41 Å². The number of nitrogens with one attached hydrogen (secondary N) is 1. The molecule has 0 aliphatic heterocycles. The number of carbonyl (C=O) groups is 2. The van der Waals surface area contributed by atoms with E-state index in [0.29, 0.717) is 19.3 Å². The summed E-state index contributed by atoms with van der Waals surface area (Å²) in [7, 11) is 0. The van der Waals surface area contributed by atoms with Gasteiger partial charge in [-0.3, -0.25) is 9.59 Å². The van der Waals surface area contributed by atoms with Crippen LogP contribution in [0.4, 0.5) is 0 Å². The van der Waals surface area contributed by atoms with Gasteiger partial charge in [-0.25, -0.2) is 0 Å². The van der Waals surface area contributed by atoms with Crippen LogP contribution in [0.1, 0.15) is 51.4 Å². The Morgan fingerprint density at radius 1 is 1.22 bits per heavy atom. The van der Waals surface area contributed by atoms with Crippen molar-refractivity contribution in [1.29, 1.82) is 0 Å². The van der Waals surface area contributed by atoms with Crippen LogP contribution in [-0.2, 0) is 9.59 Å². The predicted molar refractivity (Wildman–Crippen MR) is 68.8 cm³/mol. The Kier molecular flexibility index (Phi) is 5.70. The summed E-state index contributed by atoms with van der Waals surface area (Å²) >= 11 is 0. The van der Waals surface area contributed by atoms with E-state index in [9.17, 15) is 14.7 Å². The quantitative estimate of drug-likeness (QED) is 0.579. The van der Waals surface area contributed by atoms with Crippen LogP contribution in [0.2, 0.25) is 0 Å². The topological polar surface area (TPSA) is 66.4 Å². The van der Waals surface area contributed by atoms with E-state index >= 15 is 0 Å². The third-order valence-corrected chi connectivity index (χ3v) is 3.63. The van der Waals surface area contributed by atoms with E-state index in [1.54, 1.807) is 0 Å². The molecule has 1 aliphatic carbocycles. The first-order valence-corrected chi connectivity index (χ1v) is 6.54. The highest BCUT2D eigenvalue weighted by Gasteiger charge is 2.38. The minimum absolute atomic E-state index is 0.155.